The molecule has 2 fully saturated rings. The number of nitrogens with zero attached hydrogens (tertiary/aromatic N) is 2. The molecule has 17 heavy (non-hydrogen) atoms. The zero-order valence-electron chi connectivity index (χ0n) is 9.65. The number of amides is 1. The van der Waals surface area contributed by atoms with Crippen LogP contribution < -0.4 is 10.6 Å². The summed E-state index contributed by atoms with van der Waals surface area (Å²) in [6.45, 7) is 0.961. The van der Waals surface area contributed by atoms with Crippen molar-refractivity contribution in [2.45, 2.75) is 31.7 Å². The molecule has 0 aromatic carbocycles. The Labute approximate surface area is 100 Å². The molecular formula is C12H16N4O. The Morgan fingerprint density at radius 2 is 2.06 bits per heavy atom. The van der Waals surface area contributed by atoms with Gasteiger partial charge >= 0.3 is 0 Å². The summed E-state index contributed by atoms with van der Waals surface area (Å²) >= 11 is 0. The lowest BCUT2D eigenvalue weighted by atomic mass is 10.3. The highest BCUT2D eigenvalue weighted by Gasteiger charge is 2.24. The standard InChI is InChI=1S/C12H16N4O/c17-12(14-9-3-4-9)10-5-6-11(16-15-10)13-7-8-1-2-8/h5-6,8-9H,1-4,7H2,(H,13,16)(H,14,17). The first-order valence-corrected chi connectivity index (χ1v) is 6.20. The average molecular weight is 232 g/mol. The number of aromatic nitrogens is 2. The fourth-order valence-corrected chi connectivity index (χ4v) is 1.61. The zero-order valence-corrected chi connectivity index (χ0v) is 9.65. The molecule has 2 aliphatic carbocycles. The molecule has 0 unspecified atom stereocenters. The Hall–Kier alpha value is -1.65. The molecule has 1 aromatic rings. The summed E-state index contributed by atoms with van der Waals surface area (Å²) in [5, 5.41) is 14.0. The number of anilines is 1. The van der Waals surface area contributed by atoms with Gasteiger partial charge in [-0.15, -0.1) is 10.2 Å². The molecule has 2 N–H and O–H groups in total. The monoisotopic (exact) mass is 232 g/mol. The number of hydrogen-bond donors (Lipinski definition) is 2. The Bertz CT molecular complexity index is 409. The highest BCUT2D eigenvalue weighted by atomic mass is 16.2. The highest BCUT2D eigenvalue weighted by Crippen LogP contribution is 2.28. The van der Waals surface area contributed by atoms with Crippen LogP contribution in [0.25, 0.3) is 0 Å². The van der Waals surface area contributed by atoms with E-state index in [1.165, 1.54) is 12.8 Å². The van der Waals surface area contributed by atoms with Gasteiger partial charge in [-0.3, -0.25) is 4.79 Å². The maximum absolute atomic E-state index is 11.6. The van der Waals surface area contributed by atoms with E-state index >= 15 is 0 Å². The van der Waals surface area contributed by atoms with Crippen LogP contribution in [0.1, 0.15) is 36.2 Å². The Kier molecular flexibility index (Phi) is 2.66. The molecule has 0 bridgehead atoms. The van der Waals surface area contributed by atoms with E-state index in [1.807, 2.05) is 6.07 Å². The van der Waals surface area contributed by atoms with Crippen LogP contribution in [0.2, 0.25) is 0 Å². The van der Waals surface area contributed by atoms with Gasteiger partial charge in [-0.1, -0.05) is 0 Å². The Morgan fingerprint density at radius 1 is 1.24 bits per heavy atom. The van der Waals surface area contributed by atoms with Gasteiger partial charge in [-0.25, -0.2) is 0 Å². The largest absolute Gasteiger partial charge is 0.368 e. The van der Waals surface area contributed by atoms with Crippen LogP contribution >= 0.6 is 0 Å². The third-order valence-electron chi connectivity index (χ3n) is 3.08. The Balaban J connectivity index is 1.55. The molecule has 0 saturated heterocycles. The minimum absolute atomic E-state index is 0.117. The van der Waals surface area contributed by atoms with Crippen LogP contribution in [-0.2, 0) is 0 Å². The van der Waals surface area contributed by atoms with E-state index in [1.54, 1.807) is 6.07 Å². The lowest BCUT2D eigenvalue weighted by molar-refractivity contribution is 0.0945. The van der Waals surface area contributed by atoms with E-state index in [-0.39, 0.29) is 5.91 Å². The van der Waals surface area contributed by atoms with Crippen molar-refractivity contribution in [2.75, 3.05) is 11.9 Å². The number of nitrogens with one attached hydrogen (secondary N) is 2. The SMILES string of the molecule is O=C(NC1CC1)c1ccc(NCC2CC2)nn1. The van der Waals surface area contributed by atoms with Crippen molar-refractivity contribution >= 4 is 11.7 Å². The number of carbonyl (C=O) groups excluding carboxylic acids is 1. The molecule has 90 valence electrons. The van der Waals surface area contributed by atoms with Gasteiger partial charge < -0.3 is 10.6 Å². The molecular weight excluding hydrogens is 216 g/mol. The summed E-state index contributed by atoms with van der Waals surface area (Å²) in [5.74, 6) is 1.43. The summed E-state index contributed by atoms with van der Waals surface area (Å²) in [6, 6.07) is 3.90. The van der Waals surface area contributed by atoms with Gasteiger partial charge in [0, 0.05) is 12.6 Å². The smallest absolute Gasteiger partial charge is 0.272 e. The third kappa shape index (κ3) is 2.93. The maximum atomic E-state index is 11.6. The normalized spacial score (nSPS) is 18.8. The number of hydrogen-bond acceptors (Lipinski definition) is 4. The molecule has 2 aliphatic rings. The van der Waals surface area contributed by atoms with Gasteiger partial charge in [0.2, 0.25) is 0 Å². The van der Waals surface area contributed by atoms with E-state index in [0.717, 1.165) is 31.1 Å². The van der Waals surface area contributed by atoms with E-state index in [4.69, 9.17) is 0 Å². The highest BCUT2D eigenvalue weighted by molar-refractivity contribution is 5.92. The number of carbonyl (C=O) groups is 1. The first kappa shape index (κ1) is 10.5. The van der Waals surface area contributed by atoms with Crippen molar-refractivity contribution in [3.63, 3.8) is 0 Å². The molecule has 1 heterocycles. The van der Waals surface area contributed by atoms with Crippen molar-refractivity contribution < 1.29 is 4.79 Å². The van der Waals surface area contributed by atoms with Crippen LogP contribution in [0.15, 0.2) is 12.1 Å². The fraction of sp³-hybridized carbons (Fsp3) is 0.583. The summed E-state index contributed by atoms with van der Waals surface area (Å²) in [7, 11) is 0. The quantitative estimate of drug-likeness (QED) is 0.800. The van der Waals surface area contributed by atoms with Crippen LogP contribution in [0.3, 0.4) is 0 Å². The van der Waals surface area contributed by atoms with E-state index in [0.29, 0.717) is 11.7 Å². The van der Waals surface area contributed by atoms with E-state index < -0.39 is 0 Å². The van der Waals surface area contributed by atoms with Gasteiger partial charge in [0.25, 0.3) is 5.91 Å². The Morgan fingerprint density at radius 3 is 2.65 bits per heavy atom. The van der Waals surface area contributed by atoms with Crippen LogP contribution in [0.5, 0.6) is 0 Å². The van der Waals surface area contributed by atoms with Gasteiger partial charge in [0.1, 0.15) is 5.82 Å². The summed E-state index contributed by atoms with van der Waals surface area (Å²) in [5.41, 5.74) is 0.397. The second-order valence-electron chi connectivity index (χ2n) is 4.88. The minimum atomic E-state index is -0.117. The lowest BCUT2D eigenvalue weighted by Gasteiger charge is -2.04. The summed E-state index contributed by atoms with van der Waals surface area (Å²) in [6.07, 6.45) is 4.78. The summed E-state index contributed by atoms with van der Waals surface area (Å²) < 4.78 is 0. The topological polar surface area (TPSA) is 66.9 Å². The van der Waals surface area contributed by atoms with Crippen molar-refractivity contribution in [2.24, 2.45) is 5.92 Å². The van der Waals surface area contributed by atoms with Crippen molar-refractivity contribution in [3.8, 4) is 0 Å². The van der Waals surface area contributed by atoms with Crippen molar-refractivity contribution in [3.05, 3.63) is 17.8 Å². The first-order chi connectivity index (χ1) is 8.31. The molecule has 0 atom stereocenters. The predicted octanol–water partition coefficient (Wildman–Crippen LogP) is 1.19. The molecule has 2 saturated carbocycles. The molecule has 0 spiro atoms. The molecule has 0 radical (unpaired) electrons. The second kappa shape index (κ2) is 4.31. The number of rotatable bonds is 5. The molecule has 1 amide bonds. The van der Waals surface area contributed by atoms with Gasteiger partial charge in [-0.2, -0.15) is 0 Å². The van der Waals surface area contributed by atoms with Crippen molar-refractivity contribution in [1.29, 1.82) is 0 Å². The molecule has 0 aliphatic heterocycles. The average Bonchev–Trinajstić information content (AvgIpc) is 3.22. The van der Waals surface area contributed by atoms with Crippen LogP contribution in [0, 0.1) is 5.92 Å². The second-order valence-corrected chi connectivity index (χ2v) is 4.88. The molecule has 5 heteroatoms. The zero-order chi connectivity index (χ0) is 11.7. The first-order valence-electron chi connectivity index (χ1n) is 6.20. The van der Waals surface area contributed by atoms with Crippen LogP contribution in [0.4, 0.5) is 5.82 Å². The molecule has 3 rings (SSSR count). The molecule has 1 aromatic heterocycles. The van der Waals surface area contributed by atoms with Crippen molar-refractivity contribution in [1.82, 2.24) is 15.5 Å². The predicted molar refractivity (Wildman–Crippen MR) is 63.7 cm³/mol. The third-order valence-corrected chi connectivity index (χ3v) is 3.08. The van der Waals surface area contributed by atoms with Gasteiger partial charge in [0.15, 0.2) is 5.69 Å². The molecule has 5 nitrogen and oxygen atoms in total. The van der Waals surface area contributed by atoms with Gasteiger partial charge in [-0.05, 0) is 43.7 Å². The van der Waals surface area contributed by atoms with E-state index in [9.17, 15) is 4.79 Å². The maximum Gasteiger partial charge on any atom is 0.272 e. The fourth-order valence-electron chi connectivity index (χ4n) is 1.61. The van der Waals surface area contributed by atoms with Gasteiger partial charge in [0.05, 0.1) is 0 Å². The van der Waals surface area contributed by atoms with E-state index in [2.05, 4.69) is 20.8 Å². The summed E-state index contributed by atoms with van der Waals surface area (Å²) in [4.78, 5) is 11.6. The van der Waals surface area contributed by atoms with Crippen LogP contribution in [-0.4, -0.2) is 28.7 Å². The lowest BCUT2D eigenvalue weighted by Crippen LogP contribution is -2.26. The minimum Gasteiger partial charge on any atom is -0.368 e.